The van der Waals surface area contributed by atoms with Gasteiger partial charge in [0.1, 0.15) is 12.4 Å². The number of rotatable bonds is 6. The first-order chi connectivity index (χ1) is 9.04. The van der Waals surface area contributed by atoms with Crippen molar-refractivity contribution in [1.29, 1.82) is 0 Å². The number of ether oxygens (including phenoxy) is 1. The molecule has 0 spiro atoms. The van der Waals surface area contributed by atoms with Gasteiger partial charge >= 0.3 is 5.97 Å². The number of hydrogen-bond acceptors (Lipinski definition) is 3. The number of carboxylic acid groups (broad SMARTS) is 1. The molecule has 1 aromatic carbocycles. The lowest BCUT2D eigenvalue weighted by Gasteiger charge is -2.38. The van der Waals surface area contributed by atoms with Gasteiger partial charge in [0.25, 0.3) is 0 Å². The molecule has 0 aliphatic carbocycles. The topological polar surface area (TPSA) is 49.8 Å². The summed E-state index contributed by atoms with van der Waals surface area (Å²) in [6, 6.07) is 5.12. The molecule has 1 heterocycles. The van der Waals surface area contributed by atoms with Crippen LogP contribution in [0.2, 0.25) is 10.0 Å². The molecule has 1 saturated heterocycles. The predicted molar refractivity (Wildman–Crippen MR) is 74.1 cm³/mol. The molecule has 1 aliphatic heterocycles. The highest BCUT2D eigenvalue weighted by Crippen LogP contribution is 2.27. The lowest BCUT2D eigenvalue weighted by atomic mass is 9.97. The van der Waals surface area contributed by atoms with E-state index in [1.165, 1.54) is 0 Å². The Morgan fingerprint density at radius 3 is 2.79 bits per heavy atom. The molecular formula is C13H15Cl2NO3. The molecule has 0 aromatic heterocycles. The van der Waals surface area contributed by atoms with Crippen molar-refractivity contribution >= 4 is 29.2 Å². The van der Waals surface area contributed by atoms with E-state index in [-0.39, 0.29) is 12.3 Å². The predicted octanol–water partition coefficient (Wildman–Crippen LogP) is 2.78. The molecule has 0 radical (unpaired) electrons. The van der Waals surface area contributed by atoms with Crippen molar-refractivity contribution in [2.45, 2.75) is 6.42 Å². The highest BCUT2D eigenvalue weighted by molar-refractivity contribution is 6.35. The van der Waals surface area contributed by atoms with Crippen LogP contribution in [-0.2, 0) is 4.79 Å². The van der Waals surface area contributed by atoms with E-state index in [0.29, 0.717) is 22.4 Å². The van der Waals surface area contributed by atoms with E-state index in [0.717, 1.165) is 19.6 Å². The summed E-state index contributed by atoms with van der Waals surface area (Å²) in [5.41, 5.74) is 0. The summed E-state index contributed by atoms with van der Waals surface area (Å²) in [5.74, 6) is 0.166. The third kappa shape index (κ3) is 4.27. The lowest BCUT2D eigenvalue weighted by Crippen LogP contribution is -2.48. The number of carboxylic acids is 1. The van der Waals surface area contributed by atoms with Gasteiger partial charge in [0, 0.05) is 24.7 Å². The van der Waals surface area contributed by atoms with Crippen LogP contribution >= 0.6 is 23.2 Å². The van der Waals surface area contributed by atoms with Gasteiger partial charge in [0.2, 0.25) is 0 Å². The molecule has 1 N–H and O–H groups in total. The van der Waals surface area contributed by atoms with Crippen molar-refractivity contribution in [3.63, 3.8) is 0 Å². The van der Waals surface area contributed by atoms with Gasteiger partial charge in [-0.2, -0.15) is 0 Å². The molecule has 1 aromatic rings. The molecule has 6 heteroatoms. The van der Waals surface area contributed by atoms with E-state index in [1.54, 1.807) is 18.2 Å². The van der Waals surface area contributed by atoms with E-state index in [2.05, 4.69) is 4.90 Å². The molecule has 0 unspecified atom stereocenters. The Bertz CT molecular complexity index is 461. The first kappa shape index (κ1) is 14.4. The minimum Gasteiger partial charge on any atom is -0.491 e. The fraction of sp³-hybridized carbons (Fsp3) is 0.462. The fourth-order valence-corrected chi connectivity index (χ4v) is 2.58. The maximum atomic E-state index is 10.5. The van der Waals surface area contributed by atoms with Gasteiger partial charge in [-0.3, -0.25) is 9.69 Å². The number of aliphatic carboxylic acids is 1. The molecule has 104 valence electrons. The molecule has 1 aliphatic rings. The van der Waals surface area contributed by atoms with Crippen molar-refractivity contribution in [2.75, 3.05) is 26.2 Å². The largest absolute Gasteiger partial charge is 0.491 e. The summed E-state index contributed by atoms with van der Waals surface area (Å²) in [5, 5.41) is 9.72. The zero-order chi connectivity index (χ0) is 13.8. The molecule has 1 fully saturated rings. The number of nitrogens with zero attached hydrogens (tertiary/aromatic N) is 1. The third-order valence-corrected chi connectivity index (χ3v) is 3.59. The summed E-state index contributed by atoms with van der Waals surface area (Å²) in [6.07, 6.45) is 0.250. The molecule has 4 nitrogen and oxygen atoms in total. The molecule has 2 rings (SSSR count). The summed E-state index contributed by atoms with van der Waals surface area (Å²) in [6.45, 7) is 2.95. The van der Waals surface area contributed by atoms with E-state index >= 15 is 0 Å². The van der Waals surface area contributed by atoms with Crippen LogP contribution in [0.4, 0.5) is 0 Å². The van der Waals surface area contributed by atoms with Gasteiger partial charge in [0.15, 0.2) is 0 Å². The van der Waals surface area contributed by atoms with Gasteiger partial charge < -0.3 is 9.84 Å². The van der Waals surface area contributed by atoms with Crippen molar-refractivity contribution < 1.29 is 14.6 Å². The quantitative estimate of drug-likeness (QED) is 0.878. The van der Waals surface area contributed by atoms with E-state index in [4.69, 9.17) is 33.0 Å². The first-order valence-electron chi connectivity index (χ1n) is 6.06. The summed E-state index contributed by atoms with van der Waals surface area (Å²) >= 11 is 11.8. The Morgan fingerprint density at radius 2 is 2.16 bits per heavy atom. The minimum absolute atomic E-state index is 0.250. The maximum Gasteiger partial charge on any atom is 0.303 e. The Labute approximate surface area is 121 Å². The van der Waals surface area contributed by atoms with Crippen molar-refractivity contribution in [2.24, 2.45) is 5.92 Å². The van der Waals surface area contributed by atoms with Gasteiger partial charge in [-0.15, -0.1) is 0 Å². The van der Waals surface area contributed by atoms with Gasteiger partial charge in [-0.25, -0.2) is 0 Å². The second kappa shape index (κ2) is 6.46. The molecule has 0 bridgehead atoms. The lowest BCUT2D eigenvalue weighted by molar-refractivity contribution is -0.139. The summed E-state index contributed by atoms with van der Waals surface area (Å²) in [4.78, 5) is 12.7. The molecular weight excluding hydrogens is 289 g/mol. The third-order valence-electron chi connectivity index (χ3n) is 3.06. The van der Waals surface area contributed by atoms with E-state index in [1.807, 2.05) is 0 Å². The van der Waals surface area contributed by atoms with Crippen LogP contribution in [0, 0.1) is 5.92 Å². The second-order valence-electron chi connectivity index (χ2n) is 4.65. The average molecular weight is 304 g/mol. The minimum atomic E-state index is -0.728. The van der Waals surface area contributed by atoms with Crippen molar-refractivity contribution in [1.82, 2.24) is 4.90 Å². The summed E-state index contributed by atoms with van der Waals surface area (Å²) in [7, 11) is 0. The number of halogens is 2. The van der Waals surface area contributed by atoms with E-state index < -0.39 is 5.97 Å². The molecule has 0 saturated carbocycles. The highest BCUT2D eigenvalue weighted by atomic mass is 35.5. The maximum absolute atomic E-state index is 10.5. The fourth-order valence-electron chi connectivity index (χ4n) is 2.11. The normalized spacial score (nSPS) is 16.1. The number of carbonyl (C=O) groups is 1. The molecule has 0 amide bonds. The van der Waals surface area contributed by atoms with Crippen LogP contribution in [-0.4, -0.2) is 42.2 Å². The van der Waals surface area contributed by atoms with Crippen LogP contribution < -0.4 is 4.74 Å². The first-order valence-corrected chi connectivity index (χ1v) is 6.82. The number of likely N-dealkylation sites (tertiary alicyclic amines) is 1. The number of benzene rings is 1. The van der Waals surface area contributed by atoms with Crippen LogP contribution in [0.15, 0.2) is 18.2 Å². The Hall–Kier alpha value is -0.970. The SMILES string of the molecule is O=C(O)CC1CN(CCOc2ccc(Cl)cc2Cl)C1. The molecule has 0 atom stereocenters. The molecule has 19 heavy (non-hydrogen) atoms. The average Bonchev–Trinajstić information content (AvgIpc) is 2.27. The van der Waals surface area contributed by atoms with Gasteiger partial charge in [-0.05, 0) is 24.1 Å². The van der Waals surface area contributed by atoms with Crippen LogP contribution in [0.25, 0.3) is 0 Å². The van der Waals surface area contributed by atoms with Crippen LogP contribution in [0.3, 0.4) is 0 Å². The zero-order valence-electron chi connectivity index (χ0n) is 10.3. The van der Waals surface area contributed by atoms with Gasteiger partial charge in [0.05, 0.1) is 11.4 Å². The van der Waals surface area contributed by atoms with Crippen molar-refractivity contribution in [3.05, 3.63) is 28.2 Å². The smallest absolute Gasteiger partial charge is 0.303 e. The Kier molecular flexibility index (Phi) is 4.91. The monoisotopic (exact) mass is 303 g/mol. The summed E-state index contributed by atoms with van der Waals surface area (Å²) < 4.78 is 5.57. The zero-order valence-corrected chi connectivity index (χ0v) is 11.8. The van der Waals surface area contributed by atoms with Crippen LogP contribution in [0.5, 0.6) is 5.75 Å². The highest BCUT2D eigenvalue weighted by Gasteiger charge is 2.27. The van der Waals surface area contributed by atoms with Crippen LogP contribution in [0.1, 0.15) is 6.42 Å². The van der Waals surface area contributed by atoms with Gasteiger partial charge in [-0.1, -0.05) is 23.2 Å². The van der Waals surface area contributed by atoms with Crippen molar-refractivity contribution in [3.8, 4) is 5.75 Å². The number of hydrogen-bond donors (Lipinski definition) is 1. The Morgan fingerprint density at radius 1 is 1.42 bits per heavy atom. The standard InChI is InChI=1S/C13H15Cl2NO3/c14-10-1-2-12(11(15)6-10)19-4-3-16-7-9(8-16)5-13(17)18/h1-2,6,9H,3-5,7-8H2,(H,17,18). The van der Waals surface area contributed by atoms with E-state index in [9.17, 15) is 4.79 Å². The second-order valence-corrected chi connectivity index (χ2v) is 5.49. The Balaban J connectivity index is 1.67.